The summed E-state index contributed by atoms with van der Waals surface area (Å²) in [6.45, 7) is 1.01. The highest BCUT2D eigenvalue weighted by Gasteiger charge is 2.34. The van der Waals surface area contributed by atoms with Crippen molar-refractivity contribution in [3.63, 3.8) is 0 Å². The van der Waals surface area contributed by atoms with Crippen molar-refractivity contribution in [2.75, 3.05) is 13.7 Å². The van der Waals surface area contributed by atoms with Gasteiger partial charge in [0.25, 0.3) is 0 Å². The fourth-order valence-electron chi connectivity index (χ4n) is 2.90. The molecule has 0 amide bonds. The number of hydrogen-bond donors (Lipinski definition) is 2. The van der Waals surface area contributed by atoms with E-state index < -0.39 is 0 Å². The zero-order chi connectivity index (χ0) is 15.4. The SMILES string of the molecule is COc1ccccc1CN[C@@H]1C(=O)CN[C@@H]1c1ccccc1. The van der Waals surface area contributed by atoms with Gasteiger partial charge in [0.15, 0.2) is 5.78 Å². The van der Waals surface area contributed by atoms with E-state index in [0.717, 1.165) is 16.9 Å². The van der Waals surface area contributed by atoms with Crippen LogP contribution >= 0.6 is 0 Å². The lowest BCUT2D eigenvalue weighted by molar-refractivity contribution is -0.118. The molecular weight excluding hydrogens is 276 g/mol. The van der Waals surface area contributed by atoms with Crippen molar-refractivity contribution in [2.24, 2.45) is 0 Å². The molecule has 0 radical (unpaired) electrons. The summed E-state index contributed by atoms with van der Waals surface area (Å²) >= 11 is 0. The van der Waals surface area contributed by atoms with E-state index >= 15 is 0 Å². The molecule has 2 N–H and O–H groups in total. The molecule has 1 aliphatic rings. The molecule has 1 heterocycles. The summed E-state index contributed by atoms with van der Waals surface area (Å²) in [4.78, 5) is 12.2. The average molecular weight is 296 g/mol. The Kier molecular flexibility index (Phi) is 4.51. The van der Waals surface area contributed by atoms with Gasteiger partial charge in [-0.2, -0.15) is 0 Å². The smallest absolute Gasteiger partial charge is 0.165 e. The van der Waals surface area contributed by atoms with Gasteiger partial charge in [-0.05, 0) is 11.6 Å². The van der Waals surface area contributed by atoms with Crippen LogP contribution < -0.4 is 15.4 Å². The second-order valence-corrected chi connectivity index (χ2v) is 5.41. The molecule has 2 aromatic carbocycles. The van der Waals surface area contributed by atoms with Crippen LogP contribution in [-0.4, -0.2) is 25.5 Å². The van der Waals surface area contributed by atoms with Crippen LogP contribution in [0.15, 0.2) is 54.6 Å². The van der Waals surface area contributed by atoms with Gasteiger partial charge in [-0.1, -0.05) is 48.5 Å². The van der Waals surface area contributed by atoms with Crippen LogP contribution in [0.1, 0.15) is 17.2 Å². The van der Waals surface area contributed by atoms with Gasteiger partial charge >= 0.3 is 0 Å². The van der Waals surface area contributed by atoms with Gasteiger partial charge in [0.05, 0.1) is 25.7 Å². The Balaban J connectivity index is 1.74. The maximum Gasteiger partial charge on any atom is 0.165 e. The van der Waals surface area contributed by atoms with Crippen LogP contribution in [0.3, 0.4) is 0 Å². The predicted octanol–water partition coefficient (Wildman–Crippen LogP) is 2.07. The van der Waals surface area contributed by atoms with Crippen molar-refractivity contribution >= 4 is 5.78 Å². The second-order valence-electron chi connectivity index (χ2n) is 5.41. The summed E-state index contributed by atoms with van der Waals surface area (Å²) in [5, 5.41) is 6.67. The Hall–Kier alpha value is -2.17. The summed E-state index contributed by atoms with van der Waals surface area (Å²) in [5.74, 6) is 1.04. The topological polar surface area (TPSA) is 50.4 Å². The lowest BCUT2D eigenvalue weighted by Crippen LogP contribution is -2.38. The molecule has 22 heavy (non-hydrogen) atoms. The summed E-state index contributed by atoms with van der Waals surface area (Å²) in [5.41, 5.74) is 2.18. The van der Waals surface area contributed by atoms with E-state index in [2.05, 4.69) is 10.6 Å². The van der Waals surface area contributed by atoms with E-state index in [0.29, 0.717) is 13.1 Å². The zero-order valence-electron chi connectivity index (χ0n) is 12.6. The minimum Gasteiger partial charge on any atom is -0.496 e. The molecule has 2 aromatic rings. The van der Waals surface area contributed by atoms with Crippen molar-refractivity contribution < 1.29 is 9.53 Å². The zero-order valence-corrected chi connectivity index (χ0v) is 12.6. The molecule has 0 spiro atoms. The number of ether oxygens (including phenoxy) is 1. The number of carbonyl (C=O) groups is 1. The molecule has 114 valence electrons. The van der Waals surface area contributed by atoms with Crippen LogP contribution in [-0.2, 0) is 11.3 Å². The molecule has 0 bridgehead atoms. The molecule has 2 atom stereocenters. The van der Waals surface area contributed by atoms with E-state index in [9.17, 15) is 4.79 Å². The maximum atomic E-state index is 12.2. The van der Waals surface area contributed by atoms with Crippen LogP contribution in [0.25, 0.3) is 0 Å². The third-order valence-corrected chi connectivity index (χ3v) is 4.04. The first-order valence-corrected chi connectivity index (χ1v) is 7.46. The molecule has 1 saturated heterocycles. The van der Waals surface area contributed by atoms with Crippen LogP contribution in [0.4, 0.5) is 0 Å². The van der Waals surface area contributed by atoms with Gasteiger partial charge in [-0.3, -0.25) is 4.79 Å². The summed E-state index contributed by atoms with van der Waals surface area (Å²) < 4.78 is 5.36. The molecule has 4 heteroatoms. The van der Waals surface area contributed by atoms with Gasteiger partial charge < -0.3 is 15.4 Å². The number of methoxy groups -OCH3 is 1. The molecule has 3 rings (SSSR count). The molecule has 0 aliphatic carbocycles. The number of rotatable bonds is 5. The minimum atomic E-state index is -0.215. The van der Waals surface area contributed by atoms with Gasteiger partial charge in [-0.25, -0.2) is 0 Å². The summed E-state index contributed by atoms with van der Waals surface area (Å²) in [6, 6.07) is 17.7. The highest BCUT2D eigenvalue weighted by Crippen LogP contribution is 2.23. The number of para-hydroxylation sites is 1. The third-order valence-electron chi connectivity index (χ3n) is 4.04. The summed E-state index contributed by atoms with van der Waals surface area (Å²) in [6.07, 6.45) is 0. The standard InChI is InChI=1S/C18H20N2O2/c1-22-16-10-6-5-9-14(16)11-19-18-15(21)12-20-17(18)13-7-3-2-4-8-13/h2-10,17-20H,11-12H2,1H3/t17-,18-/m1/s1. The highest BCUT2D eigenvalue weighted by atomic mass is 16.5. The molecule has 4 nitrogen and oxygen atoms in total. The van der Waals surface area contributed by atoms with E-state index in [1.54, 1.807) is 7.11 Å². The first-order chi connectivity index (χ1) is 10.8. The Morgan fingerprint density at radius 2 is 1.86 bits per heavy atom. The van der Waals surface area contributed by atoms with Gasteiger partial charge in [-0.15, -0.1) is 0 Å². The van der Waals surface area contributed by atoms with Crippen molar-refractivity contribution in [3.8, 4) is 5.75 Å². The monoisotopic (exact) mass is 296 g/mol. The molecule has 0 saturated carbocycles. The molecular formula is C18H20N2O2. The number of benzene rings is 2. The van der Waals surface area contributed by atoms with Gasteiger partial charge in [0.1, 0.15) is 5.75 Å². The molecule has 1 aliphatic heterocycles. The van der Waals surface area contributed by atoms with Crippen molar-refractivity contribution in [1.29, 1.82) is 0 Å². The Bertz CT molecular complexity index is 643. The first kappa shape index (κ1) is 14.8. The first-order valence-electron chi connectivity index (χ1n) is 7.46. The number of ketones is 1. The van der Waals surface area contributed by atoms with Crippen LogP contribution in [0.5, 0.6) is 5.75 Å². The number of carbonyl (C=O) groups excluding carboxylic acids is 1. The Morgan fingerprint density at radius 3 is 2.64 bits per heavy atom. The van der Waals surface area contributed by atoms with E-state index in [1.807, 2.05) is 54.6 Å². The fourth-order valence-corrected chi connectivity index (χ4v) is 2.90. The quantitative estimate of drug-likeness (QED) is 0.887. The summed E-state index contributed by atoms with van der Waals surface area (Å²) in [7, 11) is 1.66. The largest absolute Gasteiger partial charge is 0.496 e. The second kappa shape index (κ2) is 6.73. The van der Waals surface area contributed by atoms with Crippen molar-refractivity contribution in [3.05, 3.63) is 65.7 Å². The van der Waals surface area contributed by atoms with Gasteiger partial charge in [0.2, 0.25) is 0 Å². The number of hydrogen-bond acceptors (Lipinski definition) is 4. The van der Waals surface area contributed by atoms with Gasteiger partial charge in [0, 0.05) is 12.1 Å². The lowest BCUT2D eigenvalue weighted by atomic mass is 10.00. The number of nitrogens with one attached hydrogen (secondary N) is 2. The third kappa shape index (κ3) is 3.03. The maximum absolute atomic E-state index is 12.2. The van der Waals surface area contributed by atoms with Crippen molar-refractivity contribution in [1.82, 2.24) is 10.6 Å². The predicted molar refractivity (Wildman–Crippen MR) is 85.8 cm³/mol. The van der Waals surface area contributed by atoms with Crippen LogP contribution in [0, 0.1) is 0 Å². The lowest BCUT2D eigenvalue weighted by Gasteiger charge is -2.20. The highest BCUT2D eigenvalue weighted by molar-refractivity contribution is 5.89. The fraction of sp³-hybridized carbons (Fsp3) is 0.278. The molecule has 0 unspecified atom stereocenters. The van der Waals surface area contributed by atoms with Crippen molar-refractivity contribution in [2.45, 2.75) is 18.6 Å². The van der Waals surface area contributed by atoms with E-state index in [4.69, 9.17) is 4.74 Å². The normalized spacial score (nSPS) is 21.0. The molecule has 0 aromatic heterocycles. The Morgan fingerprint density at radius 1 is 1.14 bits per heavy atom. The molecule has 1 fully saturated rings. The van der Waals surface area contributed by atoms with E-state index in [1.165, 1.54) is 0 Å². The van der Waals surface area contributed by atoms with E-state index in [-0.39, 0.29) is 17.9 Å². The Labute approximate surface area is 130 Å². The average Bonchev–Trinajstić information content (AvgIpc) is 2.95. The minimum absolute atomic E-state index is 0.0170. The number of Topliss-reactive ketones (excluding diaryl/α,β-unsaturated/α-hetero) is 1. The van der Waals surface area contributed by atoms with Crippen LogP contribution in [0.2, 0.25) is 0 Å².